The van der Waals surface area contributed by atoms with Gasteiger partial charge in [0.05, 0.1) is 15.3 Å². The Morgan fingerprint density at radius 2 is 1.53 bits per heavy atom. The Balaban J connectivity index is 0.000000250. The third-order valence-corrected chi connectivity index (χ3v) is 9.21. The standard InChI is InChI=1S/C30H25N2OS.C11H8N.Ir/c1-16(2)24-15-31-25(14-23(24)27-17(3)8-6-9-18(27)4)22-11-7-10-20-21-12-13-26-28(32-19(5)34-26)30(21)33-29(20)22;1-2-6-10(7-3-1)11-8-4-5-9-12-11;/h6-10,12-16H,1-5H3;1-6,8-9H;/q2*-1;. The molecule has 4 aromatic carbocycles. The number of aryl methyl sites for hydroxylation is 3. The number of furan rings is 1. The first-order valence-electron chi connectivity index (χ1n) is 15.5. The van der Waals surface area contributed by atoms with Gasteiger partial charge in [-0.15, -0.1) is 65.4 Å². The number of benzene rings is 4. The smallest absolute Gasteiger partial charge is 0.148 e. The molecule has 0 aliphatic rings. The normalized spacial score (nSPS) is 11.1. The number of nitrogens with zero attached hydrogens (tertiary/aromatic N) is 3. The van der Waals surface area contributed by atoms with Crippen LogP contribution >= 0.6 is 11.3 Å². The fourth-order valence-corrected chi connectivity index (χ4v) is 6.91. The van der Waals surface area contributed by atoms with Crippen molar-refractivity contribution in [2.24, 2.45) is 0 Å². The minimum absolute atomic E-state index is 0. The second kappa shape index (κ2) is 13.7. The molecule has 0 N–H and O–H groups in total. The van der Waals surface area contributed by atoms with Crippen LogP contribution in [0, 0.1) is 32.9 Å². The number of hydrogen-bond acceptors (Lipinski definition) is 5. The van der Waals surface area contributed by atoms with Gasteiger partial charge in [-0.2, -0.15) is 0 Å². The molecule has 0 atom stereocenters. The predicted molar refractivity (Wildman–Crippen MR) is 191 cm³/mol. The Labute approximate surface area is 292 Å². The summed E-state index contributed by atoms with van der Waals surface area (Å²) in [5.41, 5.74) is 12.7. The van der Waals surface area contributed by atoms with Crippen molar-refractivity contribution in [3.05, 3.63) is 137 Å². The first-order valence-corrected chi connectivity index (χ1v) is 16.3. The summed E-state index contributed by atoms with van der Waals surface area (Å²) in [6.07, 6.45) is 3.81. The fraction of sp³-hybridized carbons (Fsp3) is 0.146. The van der Waals surface area contributed by atoms with Crippen molar-refractivity contribution in [1.29, 1.82) is 0 Å². The minimum Gasteiger partial charge on any atom is -0.498 e. The quantitative estimate of drug-likeness (QED) is 0.166. The molecular weight excluding hydrogens is 775 g/mol. The van der Waals surface area contributed by atoms with Gasteiger partial charge in [0.1, 0.15) is 11.1 Å². The third-order valence-electron chi connectivity index (χ3n) is 8.28. The Kier molecular flexibility index (Phi) is 9.47. The first kappa shape index (κ1) is 32.5. The Morgan fingerprint density at radius 3 is 2.26 bits per heavy atom. The van der Waals surface area contributed by atoms with E-state index in [2.05, 4.69) is 87.3 Å². The van der Waals surface area contributed by atoms with E-state index in [0.29, 0.717) is 5.92 Å². The summed E-state index contributed by atoms with van der Waals surface area (Å²) < 4.78 is 7.65. The van der Waals surface area contributed by atoms with Gasteiger partial charge in [0.25, 0.3) is 0 Å². The van der Waals surface area contributed by atoms with Crippen LogP contribution in [0.15, 0.2) is 108 Å². The van der Waals surface area contributed by atoms with E-state index in [9.17, 15) is 0 Å². The van der Waals surface area contributed by atoms with Crippen molar-refractivity contribution >= 4 is 43.5 Å². The van der Waals surface area contributed by atoms with Crippen LogP contribution in [-0.4, -0.2) is 15.0 Å². The Hall–Kier alpha value is -4.48. The number of fused-ring (bicyclic) bond motifs is 5. The molecule has 0 spiro atoms. The van der Waals surface area contributed by atoms with Crippen LogP contribution in [0.4, 0.5) is 0 Å². The monoisotopic (exact) mass is 808 g/mol. The van der Waals surface area contributed by atoms with Gasteiger partial charge in [0.2, 0.25) is 0 Å². The van der Waals surface area contributed by atoms with E-state index in [1.165, 1.54) is 27.8 Å². The maximum Gasteiger partial charge on any atom is 0.148 e. The van der Waals surface area contributed by atoms with Crippen LogP contribution in [0.5, 0.6) is 0 Å². The van der Waals surface area contributed by atoms with Crippen molar-refractivity contribution in [3.8, 4) is 33.6 Å². The van der Waals surface area contributed by atoms with Crippen molar-refractivity contribution in [2.75, 3.05) is 0 Å². The van der Waals surface area contributed by atoms with E-state index in [1.54, 1.807) is 17.5 Å². The van der Waals surface area contributed by atoms with Crippen molar-refractivity contribution in [1.82, 2.24) is 15.0 Å². The molecule has 0 saturated heterocycles. The zero-order chi connectivity index (χ0) is 31.8. The van der Waals surface area contributed by atoms with E-state index >= 15 is 0 Å². The van der Waals surface area contributed by atoms with E-state index in [-0.39, 0.29) is 20.1 Å². The van der Waals surface area contributed by atoms with Gasteiger partial charge in [-0.25, -0.2) is 4.98 Å². The maximum atomic E-state index is 6.51. The number of hydrogen-bond donors (Lipinski definition) is 0. The van der Waals surface area contributed by atoms with Gasteiger partial charge in [-0.1, -0.05) is 67.3 Å². The molecule has 8 rings (SSSR count). The van der Waals surface area contributed by atoms with Crippen molar-refractivity contribution < 1.29 is 24.5 Å². The molecule has 4 aromatic heterocycles. The summed E-state index contributed by atoms with van der Waals surface area (Å²) in [6.45, 7) is 10.8. The largest absolute Gasteiger partial charge is 0.498 e. The molecule has 235 valence electrons. The molecule has 4 heterocycles. The van der Waals surface area contributed by atoms with Crippen LogP contribution in [0.1, 0.15) is 41.5 Å². The molecule has 0 fully saturated rings. The van der Waals surface area contributed by atoms with Crippen LogP contribution in [0.25, 0.3) is 65.8 Å². The fourth-order valence-electron chi connectivity index (χ4n) is 6.08. The zero-order valence-corrected chi connectivity index (χ0v) is 30.1. The summed E-state index contributed by atoms with van der Waals surface area (Å²) >= 11 is 1.69. The summed E-state index contributed by atoms with van der Waals surface area (Å²) in [6, 6.07) is 37.3. The molecule has 0 aliphatic carbocycles. The number of rotatable bonds is 4. The number of aromatic nitrogens is 3. The predicted octanol–water partition coefficient (Wildman–Crippen LogP) is 11.3. The molecule has 8 aromatic rings. The molecule has 47 heavy (non-hydrogen) atoms. The summed E-state index contributed by atoms with van der Waals surface area (Å²) in [7, 11) is 0. The van der Waals surface area contributed by atoms with Gasteiger partial charge in [-0.3, -0.25) is 0 Å². The Bertz CT molecular complexity index is 2270. The Morgan fingerprint density at radius 1 is 0.745 bits per heavy atom. The molecule has 0 saturated carbocycles. The third kappa shape index (κ3) is 6.29. The second-order valence-corrected chi connectivity index (χ2v) is 13.0. The summed E-state index contributed by atoms with van der Waals surface area (Å²) in [5.74, 6) is 0.364. The molecule has 0 unspecified atom stereocenters. The van der Waals surface area contributed by atoms with Gasteiger partial charge >= 0.3 is 0 Å². The van der Waals surface area contributed by atoms with Crippen molar-refractivity contribution in [2.45, 2.75) is 40.5 Å². The second-order valence-electron chi connectivity index (χ2n) is 11.8. The van der Waals surface area contributed by atoms with Crippen LogP contribution < -0.4 is 0 Å². The zero-order valence-electron chi connectivity index (χ0n) is 26.9. The number of thiazole rings is 1. The molecule has 1 radical (unpaired) electrons. The SMILES string of the molecule is Cc1nc2c(ccc3c4cc[c-]c(-c5cc(-c6c(C)cccc6C)c(C(C)C)cn5)c4oc32)s1.[Ir].[c-]1ccccc1-c1ccccn1. The van der Waals surface area contributed by atoms with Crippen LogP contribution in [0.3, 0.4) is 0 Å². The van der Waals surface area contributed by atoms with E-state index < -0.39 is 0 Å². The summed E-state index contributed by atoms with van der Waals surface area (Å²) in [4.78, 5) is 13.9. The average molecular weight is 808 g/mol. The van der Waals surface area contributed by atoms with Crippen LogP contribution in [-0.2, 0) is 20.1 Å². The first-order chi connectivity index (χ1) is 22.4. The maximum absolute atomic E-state index is 6.51. The van der Waals surface area contributed by atoms with Crippen molar-refractivity contribution in [3.63, 3.8) is 0 Å². The molecule has 0 aliphatic heterocycles. The van der Waals surface area contributed by atoms with E-state index in [0.717, 1.165) is 59.7 Å². The molecule has 6 heteroatoms. The summed E-state index contributed by atoms with van der Waals surface area (Å²) in [5, 5.41) is 3.19. The molecule has 0 amide bonds. The van der Waals surface area contributed by atoms with Gasteiger partial charge in [0.15, 0.2) is 0 Å². The molecular formula is C41H33IrN3OS-2. The average Bonchev–Trinajstić information content (AvgIpc) is 3.65. The molecule has 4 nitrogen and oxygen atoms in total. The van der Waals surface area contributed by atoms with Gasteiger partial charge in [-0.05, 0) is 78.0 Å². The van der Waals surface area contributed by atoms with Gasteiger partial charge < -0.3 is 14.4 Å². The topological polar surface area (TPSA) is 51.8 Å². The molecule has 0 bridgehead atoms. The minimum atomic E-state index is 0. The van der Waals surface area contributed by atoms with Gasteiger partial charge in [0, 0.05) is 37.9 Å². The van der Waals surface area contributed by atoms with E-state index in [4.69, 9.17) is 14.4 Å². The van der Waals surface area contributed by atoms with Crippen LogP contribution in [0.2, 0.25) is 0 Å². The van der Waals surface area contributed by atoms with E-state index in [1.807, 2.05) is 61.7 Å². The number of pyridine rings is 2.